The zero-order valence-electron chi connectivity index (χ0n) is 12.1. The molecule has 0 unspecified atom stereocenters. The quantitative estimate of drug-likeness (QED) is 0.842. The number of rotatable bonds is 5. The first-order valence-electron chi connectivity index (χ1n) is 7.49. The Balaban J connectivity index is 1.55. The summed E-state index contributed by atoms with van der Waals surface area (Å²) in [6.07, 6.45) is 10.8. The van der Waals surface area contributed by atoms with Gasteiger partial charge in [-0.25, -0.2) is 0 Å². The van der Waals surface area contributed by atoms with Gasteiger partial charge in [0.25, 0.3) is 0 Å². The van der Waals surface area contributed by atoms with Crippen LogP contribution in [0.3, 0.4) is 0 Å². The standard InChI is InChI=1S/C16H20N4O/c21-16(5-4-14-6-9-17-10-7-14)20-12-1-3-15(20)13-19-11-2-8-18-19/h2,6-11,15H,1,3-5,12-13H2/t15-/m1/s1. The van der Waals surface area contributed by atoms with Crippen LogP contribution in [0.25, 0.3) is 0 Å². The Bertz CT molecular complexity index is 567. The van der Waals surface area contributed by atoms with Gasteiger partial charge < -0.3 is 4.90 Å². The van der Waals surface area contributed by atoms with Crippen LogP contribution in [0.1, 0.15) is 24.8 Å². The largest absolute Gasteiger partial charge is 0.338 e. The molecule has 3 rings (SSSR count). The molecular weight excluding hydrogens is 264 g/mol. The van der Waals surface area contributed by atoms with Gasteiger partial charge in [0.15, 0.2) is 0 Å². The maximum atomic E-state index is 12.4. The molecule has 0 radical (unpaired) electrons. The second-order valence-electron chi connectivity index (χ2n) is 5.47. The molecule has 0 bridgehead atoms. The first-order chi connectivity index (χ1) is 10.3. The molecule has 1 amide bonds. The normalized spacial score (nSPS) is 18.1. The summed E-state index contributed by atoms with van der Waals surface area (Å²) >= 11 is 0. The maximum absolute atomic E-state index is 12.4. The molecule has 5 heteroatoms. The number of aryl methyl sites for hydroxylation is 1. The van der Waals surface area contributed by atoms with Crippen LogP contribution in [-0.4, -0.2) is 38.2 Å². The number of hydrogen-bond donors (Lipinski definition) is 0. The minimum absolute atomic E-state index is 0.251. The summed E-state index contributed by atoms with van der Waals surface area (Å²) in [4.78, 5) is 18.5. The van der Waals surface area contributed by atoms with E-state index in [0.29, 0.717) is 6.42 Å². The lowest BCUT2D eigenvalue weighted by atomic mass is 10.1. The Morgan fingerprint density at radius 1 is 1.29 bits per heavy atom. The van der Waals surface area contributed by atoms with Crippen LogP contribution in [0.15, 0.2) is 43.0 Å². The molecular formula is C16H20N4O. The monoisotopic (exact) mass is 284 g/mol. The van der Waals surface area contributed by atoms with Crippen molar-refractivity contribution in [2.24, 2.45) is 0 Å². The fraction of sp³-hybridized carbons (Fsp3) is 0.438. The van der Waals surface area contributed by atoms with E-state index in [0.717, 1.165) is 32.4 Å². The first kappa shape index (κ1) is 13.8. The van der Waals surface area contributed by atoms with Gasteiger partial charge in [0.2, 0.25) is 5.91 Å². The molecule has 1 atom stereocenters. The van der Waals surface area contributed by atoms with Gasteiger partial charge in [0.05, 0.1) is 12.6 Å². The lowest BCUT2D eigenvalue weighted by Crippen LogP contribution is -2.38. The van der Waals surface area contributed by atoms with Gasteiger partial charge in [-0.1, -0.05) is 0 Å². The fourth-order valence-electron chi connectivity index (χ4n) is 2.92. The van der Waals surface area contributed by atoms with Crippen molar-refractivity contribution < 1.29 is 4.79 Å². The van der Waals surface area contributed by atoms with Crippen molar-refractivity contribution in [2.45, 2.75) is 38.3 Å². The summed E-state index contributed by atoms with van der Waals surface area (Å²) in [5, 5.41) is 4.24. The number of nitrogens with zero attached hydrogens (tertiary/aromatic N) is 4. The van der Waals surface area contributed by atoms with Crippen molar-refractivity contribution in [3.8, 4) is 0 Å². The van der Waals surface area contributed by atoms with Gasteiger partial charge in [-0.3, -0.25) is 14.5 Å². The lowest BCUT2D eigenvalue weighted by molar-refractivity contribution is -0.132. The highest BCUT2D eigenvalue weighted by Crippen LogP contribution is 2.20. The summed E-state index contributed by atoms with van der Waals surface area (Å²) < 4.78 is 1.92. The van der Waals surface area contributed by atoms with Crippen LogP contribution in [0.2, 0.25) is 0 Å². The van der Waals surface area contributed by atoms with Crippen LogP contribution in [0.4, 0.5) is 0 Å². The highest BCUT2D eigenvalue weighted by atomic mass is 16.2. The molecule has 1 saturated heterocycles. The molecule has 1 aliphatic heterocycles. The van der Waals surface area contributed by atoms with Crippen LogP contribution in [-0.2, 0) is 17.8 Å². The molecule has 3 heterocycles. The number of carbonyl (C=O) groups excluding carboxylic acids is 1. The minimum atomic E-state index is 0.251. The third-order valence-corrected chi connectivity index (χ3v) is 4.03. The van der Waals surface area contributed by atoms with Gasteiger partial charge in [-0.2, -0.15) is 5.10 Å². The smallest absolute Gasteiger partial charge is 0.223 e. The molecule has 21 heavy (non-hydrogen) atoms. The van der Waals surface area contributed by atoms with E-state index in [9.17, 15) is 4.79 Å². The topological polar surface area (TPSA) is 51.0 Å². The third kappa shape index (κ3) is 3.48. The Labute approximate surface area is 124 Å². The molecule has 0 spiro atoms. The van der Waals surface area contributed by atoms with Crippen LogP contribution in [0, 0.1) is 0 Å². The van der Waals surface area contributed by atoms with E-state index in [2.05, 4.69) is 10.1 Å². The summed E-state index contributed by atoms with van der Waals surface area (Å²) in [6, 6.07) is 6.15. The molecule has 0 aromatic carbocycles. The first-order valence-corrected chi connectivity index (χ1v) is 7.49. The molecule has 1 aliphatic rings. The van der Waals surface area contributed by atoms with Crippen molar-refractivity contribution in [2.75, 3.05) is 6.54 Å². The second-order valence-corrected chi connectivity index (χ2v) is 5.47. The van der Waals surface area contributed by atoms with Crippen LogP contribution < -0.4 is 0 Å². The number of carbonyl (C=O) groups is 1. The van der Waals surface area contributed by atoms with E-state index in [1.165, 1.54) is 5.56 Å². The zero-order chi connectivity index (χ0) is 14.5. The second kappa shape index (κ2) is 6.52. The van der Waals surface area contributed by atoms with Gasteiger partial charge >= 0.3 is 0 Å². The molecule has 2 aromatic heterocycles. The maximum Gasteiger partial charge on any atom is 0.223 e. The predicted octanol–water partition coefficient (Wildman–Crippen LogP) is 1.90. The van der Waals surface area contributed by atoms with Gasteiger partial charge in [0, 0.05) is 37.8 Å². The number of hydrogen-bond acceptors (Lipinski definition) is 3. The van der Waals surface area contributed by atoms with Crippen molar-refractivity contribution in [3.05, 3.63) is 48.5 Å². The van der Waals surface area contributed by atoms with E-state index in [1.807, 2.05) is 34.0 Å². The Morgan fingerprint density at radius 2 is 2.14 bits per heavy atom. The highest BCUT2D eigenvalue weighted by Gasteiger charge is 2.28. The summed E-state index contributed by atoms with van der Waals surface area (Å²) in [6.45, 7) is 1.68. The van der Waals surface area contributed by atoms with E-state index >= 15 is 0 Å². The van der Waals surface area contributed by atoms with Gasteiger partial charge in [-0.15, -0.1) is 0 Å². The zero-order valence-corrected chi connectivity index (χ0v) is 12.1. The molecule has 0 aliphatic carbocycles. The van der Waals surface area contributed by atoms with Gasteiger partial charge in [0.1, 0.15) is 0 Å². The molecule has 0 N–H and O–H groups in total. The van der Waals surface area contributed by atoms with Crippen molar-refractivity contribution in [1.29, 1.82) is 0 Å². The average Bonchev–Trinajstić information content (AvgIpc) is 3.18. The lowest BCUT2D eigenvalue weighted by Gasteiger charge is -2.24. The van der Waals surface area contributed by atoms with Gasteiger partial charge in [-0.05, 0) is 43.0 Å². The summed E-state index contributed by atoms with van der Waals surface area (Å²) in [5.41, 5.74) is 1.17. The van der Waals surface area contributed by atoms with Crippen LogP contribution >= 0.6 is 0 Å². The fourth-order valence-corrected chi connectivity index (χ4v) is 2.92. The SMILES string of the molecule is O=C(CCc1ccncc1)N1CCC[C@@H]1Cn1cccn1. The molecule has 110 valence electrons. The highest BCUT2D eigenvalue weighted by molar-refractivity contribution is 5.77. The van der Waals surface area contributed by atoms with Crippen molar-refractivity contribution >= 4 is 5.91 Å². The number of amides is 1. The van der Waals surface area contributed by atoms with E-state index in [-0.39, 0.29) is 11.9 Å². The third-order valence-electron chi connectivity index (χ3n) is 4.03. The Kier molecular flexibility index (Phi) is 4.28. The number of aromatic nitrogens is 3. The Morgan fingerprint density at radius 3 is 2.90 bits per heavy atom. The minimum Gasteiger partial charge on any atom is -0.338 e. The van der Waals surface area contributed by atoms with E-state index in [1.54, 1.807) is 18.6 Å². The summed E-state index contributed by atoms with van der Waals surface area (Å²) in [5.74, 6) is 0.251. The van der Waals surface area contributed by atoms with E-state index in [4.69, 9.17) is 0 Å². The van der Waals surface area contributed by atoms with Crippen molar-refractivity contribution in [3.63, 3.8) is 0 Å². The molecule has 5 nitrogen and oxygen atoms in total. The van der Waals surface area contributed by atoms with Crippen LogP contribution in [0.5, 0.6) is 0 Å². The average molecular weight is 284 g/mol. The number of likely N-dealkylation sites (tertiary alicyclic amines) is 1. The molecule has 1 fully saturated rings. The summed E-state index contributed by atoms with van der Waals surface area (Å²) in [7, 11) is 0. The van der Waals surface area contributed by atoms with E-state index < -0.39 is 0 Å². The predicted molar refractivity (Wildman–Crippen MR) is 79.5 cm³/mol. The Hall–Kier alpha value is -2.17. The number of pyridine rings is 1. The molecule has 2 aromatic rings. The van der Waals surface area contributed by atoms with Crippen molar-refractivity contribution in [1.82, 2.24) is 19.7 Å². The molecule has 0 saturated carbocycles.